The summed E-state index contributed by atoms with van der Waals surface area (Å²) in [5.41, 5.74) is 3.49. The summed E-state index contributed by atoms with van der Waals surface area (Å²) >= 11 is 0. The van der Waals surface area contributed by atoms with Gasteiger partial charge in [0.1, 0.15) is 0 Å². The van der Waals surface area contributed by atoms with Crippen LogP contribution in [0.25, 0.3) is 10.9 Å². The van der Waals surface area contributed by atoms with Gasteiger partial charge in [-0.3, -0.25) is 9.23 Å². The summed E-state index contributed by atoms with van der Waals surface area (Å²) < 4.78 is 43.6. The average molecular weight is 488 g/mol. The number of ether oxygens (including phenoxy) is 2. The molecule has 2 aromatic carbocycles. The van der Waals surface area contributed by atoms with Gasteiger partial charge in [0.2, 0.25) is 0 Å². The first-order valence-electron chi connectivity index (χ1n) is 11.8. The van der Waals surface area contributed by atoms with Gasteiger partial charge in [-0.1, -0.05) is 19.1 Å². The summed E-state index contributed by atoms with van der Waals surface area (Å²) in [5.74, 6) is 1.24. The second kappa shape index (κ2) is 11.3. The molecule has 2 saturated heterocycles. The molecular weight excluding hydrogens is 454 g/mol. The van der Waals surface area contributed by atoms with Crippen LogP contribution in [0.15, 0.2) is 53.6 Å². The maximum atomic E-state index is 11.1. The van der Waals surface area contributed by atoms with Gasteiger partial charge >= 0.3 is 0 Å². The smallest absolute Gasteiger partial charge is 0.294 e. The Morgan fingerprint density at radius 1 is 1.06 bits per heavy atom. The molecule has 5 rings (SSSR count). The minimum absolute atomic E-state index is 0.101. The van der Waals surface area contributed by atoms with Gasteiger partial charge in [0.25, 0.3) is 10.1 Å². The third-order valence-corrected chi connectivity index (χ3v) is 7.20. The minimum atomic E-state index is -4.17. The monoisotopic (exact) mass is 487 g/mol. The van der Waals surface area contributed by atoms with E-state index in [2.05, 4.69) is 41.6 Å². The topological polar surface area (TPSA) is 103 Å². The van der Waals surface area contributed by atoms with E-state index in [1.165, 1.54) is 23.4 Å². The number of nitrogens with zero attached hydrogens (tertiary/aromatic N) is 2. The Balaban J connectivity index is 0.000000172. The first kappa shape index (κ1) is 24.7. The highest BCUT2D eigenvalue weighted by molar-refractivity contribution is 7.85. The molecule has 0 bridgehead atoms. The lowest BCUT2D eigenvalue weighted by molar-refractivity contribution is -0.0248. The van der Waals surface area contributed by atoms with Crippen molar-refractivity contribution < 1.29 is 22.4 Å². The highest BCUT2D eigenvalue weighted by Crippen LogP contribution is 2.22. The van der Waals surface area contributed by atoms with Crippen LogP contribution in [-0.4, -0.2) is 55.7 Å². The number of hydrogen-bond donors (Lipinski definition) is 2. The van der Waals surface area contributed by atoms with Gasteiger partial charge in [-0.05, 0) is 61.1 Å². The molecule has 2 N–H and O–H groups in total. The lowest BCUT2D eigenvalue weighted by atomic mass is 10.0. The third kappa shape index (κ3) is 6.56. The summed E-state index contributed by atoms with van der Waals surface area (Å²) in [6.45, 7) is 7.42. The molecule has 0 amide bonds. The molecule has 2 aliphatic rings. The number of nitrogens with one attached hydrogen (secondary N) is 1. The Morgan fingerprint density at radius 2 is 1.79 bits per heavy atom. The fraction of sp³-hybridized carbons (Fsp3) is 0.480. The van der Waals surface area contributed by atoms with Crippen molar-refractivity contribution in [3.05, 3.63) is 54.2 Å². The Labute approximate surface area is 201 Å². The number of hydrogen-bond acceptors (Lipinski definition) is 6. The summed E-state index contributed by atoms with van der Waals surface area (Å²) in [7, 11) is -4.17. The van der Waals surface area contributed by atoms with E-state index in [-0.39, 0.29) is 4.90 Å². The molecule has 3 heterocycles. The van der Waals surface area contributed by atoms with E-state index in [0.29, 0.717) is 17.2 Å². The molecule has 0 aliphatic carbocycles. The molecule has 184 valence electrons. The van der Waals surface area contributed by atoms with Crippen LogP contribution in [0.4, 0.5) is 5.69 Å². The maximum Gasteiger partial charge on any atom is 0.294 e. The quantitative estimate of drug-likeness (QED) is 0.485. The Bertz CT molecular complexity index is 1170. The molecule has 0 atom stereocenters. The molecule has 8 nitrogen and oxygen atoms in total. The van der Waals surface area contributed by atoms with Crippen LogP contribution in [0.2, 0.25) is 0 Å². The second-order valence-electron chi connectivity index (χ2n) is 8.91. The number of aromatic nitrogens is 2. The van der Waals surface area contributed by atoms with Crippen LogP contribution in [0.5, 0.6) is 0 Å². The lowest BCUT2D eigenvalue weighted by Gasteiger charge is -2.26. The fourth-order valence-electron chi connectivity index (χ4n) is 4.07. The predicted molar refractivity (Wildman–Crippen MR) is 132 cm³/mol. The van der Waals surface area contributed by atoms with E-state index in [9.17, 15) is 8.42 Å². The van der Waals surface area contributed by atoms with Gasteiger partial charge in [0.15, 0.2) is 0 Å². The first-order valence-corrected chi connectivity index (χ1v) is 13.3. The van der Waals surface area contributed by atoms with Gasteiger partial charge in [-0.25, -0.2) is 0 Å². The molecule has 0 radical (unpaired) electrons. The minimum Gasteiger partial charge on any atom is -0.385 e. The van der Waals surface area contributed by atoms with Gasteiger partial charge in [-0.15, -0.1) is 0 Å². The van der Waals surface area contributed by atoms with E-state index in [4.69, 9.17) is 14.0 Å². The van der Waals surface area contributed by atoms with Crippen molar-refractivity contribution in [2.75, 3.05) is 38.3 Å². The van der Waals surface area contributed by atoms with Gasteiger partial charge < -0.3 is 14.8 Å². The maximum absolute atomic E-state index is 11.1. The van der Waals surface area contributed by atoms with E-state index < -0.39 is 10.1 Å². The van der Waals surface area contributed by atoms with E-state index in [1.54, 1.807) is 12.3 Å². The van der Waals surface area contributed by atoms with Gasteiger partial charge in [0.05, 0.1) is 29.8 Å². The fourth-order valence-corrected chi connectivity index (χ4v) is 4.58. The Morgan fingerprint density at radius 3 is 2.41 bits per heavy atom. The van der Waals surface area contributed by atoms with Crippen molar-refractivity contribution in [2.24, 2.45) is 11.8 Å². The second-order valence-corrected chi connectivity index (χ2v) is 10.3. The van der Waals surface area contributed by atoms with Crippen LogP contribution in [-0.2, 0) is 32.6 Å². The van der Waals surface area contributed by atoms with Gasteiger partial charge in [-0.2, -0.15) is 13.5 Å². The van der Waals surface area contributed by atoms with Crippen molar-refractivity contribution in [1.29, 1.82) is 0 Å². The number of benzene rings is 2. The SMILES string of the molecule is CCc1ccc(NCC2COC2)cc1.O=S(=O)(O)c1ccc2c(cnn2CC2CCOCC2)c1. The molecule has 34 heavy (non-hydrogen) atoms. The zero-order chi connectivity index (χ0) is 24.0. The molecule has 0 spiro atoms. The van der Waals surface area contributed by atoms with Crippen LogP contribution in [0.1, 0.15) is 25.3 Å². The van der Waals surface area contributed by atoms with Crippen molar-refractivity contribution >= 4 is 26.7 Å². The molecule has 0 unspecified atom stereocenters. The largest absolute Gasteiger partial charge is 0.385 e. The highest BCUT2D eigenvalue weighted by atomic mass is 32.2. The highest BCUT2D eigenvalue weighted by Gasteiger charge is 2.18. The molecule has 1 aromatic heterocycles. The van der Waals surface area contributed by atoms with Crippen molar-refractivity contribution in [2.45, 2.75) is 37.6 Å². The lowest BCUT2D eigenvalue weighted by Crippen LogP contribution is -2.33. The summed E-state index contributed by atoms with van der Waals surface area (Å²) in [6.07, 6.45) is 4.77. The number of aryl methyl sites for hydroxylation is 1. The van der Waals surface area contributed by atoms with E-state index >= 15 is 0 Å². The Hall–Kier alpha value is -2.46. The normalized spacial score (nSPS) is 17.1. The molecule has 0 saturated carbocycles. The first-order chi connectivity index (χ1) is 16.4. The number of anilines is 1. The molecule has 3 aromatic rings. The van der Waals surface area contributed by atoms with Crippen molar-refractivity contribution in [3.63, 3.8) is 0 Å². The zero-order valence-electron chi connectivity index (χ0n) is 19.5. The van der Waals surface area contributed by atoms with Crippen LogP contribution < -0.4 is 5.32 Å². The van der Waals surface area contributed by atoms with Gasteiger partial charge in [0, 0.05) is 43.3 Å². The summed E-state index contributed by atoms with van der Waals surface area (Å²) in [4.78, 5) is -0.101. The molecule has 9 heteroatoms. The predicted octanol–water partition coefficient (Wildman–Crippen LogP) is 4.02. The number of fused-ring (bicyclic) bond motifs is 1. The average Bonchev–Trinajstić information content (AvgIpc) is 3.21. The Kier molecular flexibility index (Phi) is 8.20. The molecule has 2 fully saturated rings. The summed E-state index contributed by atoms with van der Waals surface area (Å²) in [6, 6.07) is 13.2. The van der Waals surface area contributed by atoms with Crippen molar-refractivity contribution in [1.82, 2.24) is 9.78 Å². The zero-order valence-corrected chi connectivity index (χ0v) is 20.3. The third-order valence-electron chi connectivity index (χ3n) is 6.35. The van der Waals surface area contributed by atoms with Crippen molar-refractivity contribution in [3.8, 4) is 0 Å². The molecule has 2 aliphatic heterocycles. The number of rotatable bonds is 7. The van der Waals surface area contributed by atoms with E-state index in [1.807, 2.05) is 4.68 Å². The van der Waals surface area contributed by atoms with Crippen LogP contribution in [0.3, 0.4) is 0 Å². The van der Waals surface area contributed by atoms with Crippen LogP contribution >= 0.6 is 0 Å². The van der Waals surface area contributed by atoms with E-state index in [0.717, 1.165) is 64.3 Å². The standard InChI is InChI=1S/C13H16N2O4S.C12H17NO/c16-20(17,18)12-1-2-13-11(7-12)8-14-15(13)9-10-3-5-19-6-4-10;1-2-10-3-5-12(6-4-10)13-7-11-8-14-9-11/h1-2,7-8,10H,3-6,9H2,(H,16,17,18);3-6,11,13H,2,7-9H2,1H3. The van der Waals surface area contributed by atoms with Crippen LogP contribution in [0, 0.1) is 11.8 Å². The summed E-state index contributed by atoms with van der Waals surface area (Å²) in [5, 5.41) is 8.44. The molecular formula is C25H33N3O5S.